The van der Waals surface area contributed by atoms with Gasteiger partial charge in [-0.05, 0) is 57.6 Å². The van der Waals surface area contributed by atoms with Crippen molar-refractivity contribution < 1.29 is 14.1 Å². The van der Waals surface area contributed by atoms with E-state index in [0.29, 0.717) is 0 Å². The molecule has 24 heavy (non-hydrogen) atoms. The fraction of sp³-hybridized carbons (Fsp3) is 0.632. The number of amides is 1. The van der Waals surface area contributed by atoms with Crippen LogP contribution in [0.2, 0.25) is 0 Å². The summed E-state index contributed by atoms with van der Waals surface area (Å²) in [6.07, 6.45) is 1.99. The Balaban J connectivity index is 0.00000100. The number of rotatable bonds is 1. The molecule has 2 aliphatic heterocycles. The van der Waals surface area contributed by atoms with E-state index in [0.717, 1.165) is 30.5 Å². The highest BCUT2D eigenvalue weighted by molar-refractivity contribution is 6.62. The molecule has 0 unspecified atom stereocenters. The second kappa shape index (κ2) is 6.89. The quantitative estimate of drug-likeness (QED) is 0.741. The van der Waals surface area contributed by atoms with Crippen molar-refractivity contribution in [3.05, 3.63) is 23.8 Å². The summed E-state index contributed by atoms with van der Waals surface area (Å²) in [6.45, 7) is 14.7. The Bertz CT molecular complexity index is 597. The van der Waals surface area contributed by atoms with Gasteiger partial charge >= 0.3 is 7.12 Å². The second-order valence-electron chi connectivity index (χ2n) is 7.25. The average Bonchev–Trinajstić information content (AvgIpc) is 2.76. The van der Waals surface area contributed by atoms with E-state index in [1.807, 2.05) is 30.9 Å². The van der Waals surface area contributed by atoms with Gasteiger partial charge in [0.05, 0.1) is 11.2 Å². The molecule has 0 saturated carbocycles. The van der Waals surface area contributed by atoms with Gasteiger partial charge in [0.15, 0.2) is 0 Å². The summed E-state index contributed by atoms with van der Waals surface area (Å²) in [6, 6.07) is 6.17. The van der Waals surface area contributed by atoms with Crippen molar-refractivity contribution in [2.24, 2.45) is 0 Å². The maximum atomic E-state index is 11.7. The van der Waals surface area contributed by atoms with Crippen LogP contribution in [0, 0.1) is 0 Å². The number of benzene rings is 1. The Morgan fingerprint density at radius 2 is 1.71 bits per heavy atom. The molecule has 2 heterocycles. The number of carbonyl (C=O) groups is 1. The second-order valence-corrected chi connectivity index (χ2v) is 7.25. The van der Waals surface area contributed by atoms with Crippen LogP contribution in [0.15, 0.2) is 18.2 Å². The minimum Gasteiger partial charge on any atom is -0.399 e. The summed E-state index contributed by atoms with van der Waals surface area (Å²) >= 11 is 0. The van der Waals surface area contributed by atoms with Crippen LogP contribution in [0.1, 0.15) is 60.5 Å². The van der Waals surface area contributed by atoms with Crippen LogP contribution in [0.3, 0.4) is 0 Å². The molecule has 1 aromatic rings. The number of anilines is 1. The van der Waals surface area contributed by atoms with Gasteiger partial charge < -0.3 is 14.2 Å². The van der Waals surface area contributed by atoms with Gasteiger partial charge in [-0.2, -0.15) is 0 Å². The number of hydrogen-bond donors (Lipinski definition) is 0. The van der Waals surface area contributed by atoms with E-state index >= 15 is 0 Å². The van der Waals surface area contributed by atoms with E-state index in [2.05, 4.69) is 33.8 Å². The van der Waals surface area contributed by atoms with Crippen LogP contribution in [-0.4, -0.2) is 30.8 Å². The van der Waals surface area contributed by atoms with Gasteiger partial charge in [-0.3, -0.25) is 4.79 Å². The molecule has 0 atom stereocenters. The largest absolute Gasteiger partial charge is 0.494 e. The highest BCUT2D eigenvalue weighted by Crippen LogP contribution is 2.37. The van der Waals surface area contributed by atoms with E-state index < -0.39 is 0 Å². The van der Waals surface area contributed by atoms with Gasteiger partial charge in [-0.15, -0.1) is 0 Å². The SMILES string of the molecule is CC.CC(=O)N1CCCc2cc(B3OC(C)(C)C(C)(C)O3)ccc21. The zero-order valence-corrected chi connectivity index (χ0v) is 16.1. The minimum atomic E-state index is -0.344. The van der Waals surface area contributed by atoms with Crippen LogP contribution >= 0.6 is 0 Å². The van der Waals surface area contributed by atoms with Crippen molar-refractivity contribution in [1.82, 2.24) is 0 Å². The lowest BCUT2D eigenvalue weighted by Gasteiger charge is -2.32. The monoisotopic (exact) mass is 331 g/mol. The molecular formula is C19H30BNO3. The van der Waals surface area contributed by atoms with Crippen LogP contribution in [0.5, 0.6) is 0 Å². The van der Waals surface area contributed by atoms with Crippen molar-refractivity contribution in [3.8, 4) is 0 Å². The summed E-state index contributed by atoms with van der Waals surface area (Å²) in [5, 5.41) is 0. The highest BCUT2D eigenvalue weighted by atomic mass is 16.7. The third-order valence-corrected chi connectivity index (χ3v) is 5.13. The van der Waals surface area contributed by atoms with Crippen molar-refractivity contribution in [2.45, 2.75) is 72.5 Å². The maximum absolute atomic E-state index is 11.7. The zero-order chi connectivity index (χ0) is 18.1. The van der Waals surface area contributed by atoms with Crippen LogP contribution in [-0.2, 0) is 20.5 Å². The van der Waals surface area contributed by atoms with E-state index in [4.69, 9.17) is 9.31 Å². The molecule has 5 heteroatoms. The van der Waals surface area contributed by atoms with Crippen molar-refractivity contribution in [3.63, 3.8) is 0 Å². The molecule has 1 aromatic carbocycles. The van der Waals surface area contributed by atoms with E-state index in [1.165, 1.54) is 5.56 Å². The number of carbonyl (C=O) groups excluding carboxylic acids is 1. The van der Waals surface area contributed by atoms with Crippen molar-refractivity contribution in [1.29, 1.82) is 0 Å². The molecule has 0 aromatic heterocycles. The highest BCUT2D eigenvalue weighted by Gasteiger charge is 2.51. The van der Waals surface area contributed by atoms with Gasteiger partial charge in [0.25, 0.3) is 0 Å². The number of fused-ring (bicyclic) bond motifs is 1. The van der Waals surface area contributed by atoms with Gasteiger partial charge in [-0.1, -0.05) is 26.0 Å². The fourth-order valence-electron chi connectivity index (χ4n) is 3.07. The van der Waals surface area contributed by atoms with Gasteiger partial charge in [-0.25, -0.2) is 0 Å². The Kier molecular flexibility index (Phi) is 5.45. The molecule has 1 amide bonds. The smallest absolute Gasteiger partial charge is 0.399 e. The molecule has 0 bridgehead atoms. The first-order valence-electron chi connectivity index (χ1n) is 8.98. The maximum Gasteiger partial charge on any atom is 0.494 e. The van der Waals surface area contributed by atoms with Crippen LogP contribution in [0.4, 0.5) is 5.69 Å². The summed E-state index contributed by atoms with van der Waals surface area (Å²) in [4.78, 5) is 13.6. The van der Waals surface area contributed by atoms with Crippen LogP contribution < -0.4 is 10.4 Å². The summed E-state index contributed by atoms with van der Waals surface area (Å²) in [5.74, 6) is 0.101. The third kappa shape index (κ3) is 3.38. The van der Waals surface area contributed by atoms with Gasteiger partial charge in [0.2, 0.25) is 5.91 Å². The summed E-state index contributed by atoms with van der Waals surface area (Å²) < 4.78 is 12.2. The Hall–Kier alpha value is -1.33. The summed E-state index contributed by atoms with van der Waals surface area (Å²) in [5.41, 5.74) is 2.59. The predicted octanol–water partition coefficient (Wildman–Crippen LogP) is 3.31. The molecule has 2 aliphatic rings. The minimum absolute atomic E-state index is 0.101. The lowest BCUT2D eigenvalue weighted by molar-refractivity contribution is -0.116. The first-order valence-corrected chi connectivity index (χ1v) is 8.98. The fourth-order valence-corrected chi connectivity index (χ4v) is 3.07. The molecule has 3 rings (SSSR count). The van der Waals surface area contributed by atoms with Gasteiger partial charge in [0.1, 0.15) is 0 Å². The van der Waals surface area contributed by atoms with Gasteiger partial charge in [0, 0.05) is 19.2 Å². The standard InChI is InChI=1S/C17H24BNO3.C2H6/c1-12(20)19-10-6-7-13-11-14(8-9-15(13)19)18-21-16(2,3)17(4,5)22-18;1-2/h8-9,11H,6-7,10H2,1-5H3;1-2H3. The van der Waals surface area contributed by atoms with E-state index in [-0.39, 0.29) is 24.2 Å². The Morgan fingerprint density at radius 3 is 2.25 bits per heavy atom. The molecule has 1 saturated heterocycles. The molecule has 0 N–H and O–H groups in total. The van der Waals surface area contributed by atoms with Crippen molar-refractivity contribution in [2.75, 3.05) is 11.4 Å². The Morgan fingerprint density at radius 1 is 1.12 bits per heavy atom. The van der Waals surface area contributed by atoms with E-state index in [1.54, 1.807) is 6.92 Å². The number of hydrogen-bond acceptors (Lipinski definition) is 3. The van der Waals surface area contributed by atoms with E-state index in [9.17, 15) is 4.79 Å². The van der Waals surface area contributed by atoms with Crippen molar-refractivity contribution >= 4 is 24.2 Å². The predicted molar refractivity (Wildman–Crippen MR) is 99.9 cm³/mol. The molecule has 0 radical (unpaired) electrons. The first-order chi connectivity index (χ1) is 11.2. The number of nitrogens with zero attached hydrogens (tertiary/aromatic N) is 1. The topological polar surface area (TPSA) is 38.8 Å². The lowest BCUT2D eigenvalue weighted by Crippen LogP contribution is -2.41. The van der Waals surface area contributed by atoms with Crippen LogP contribution in [0.25, 0.3) is 0 Å². The first kappa shape index (κ1) is 19.0. The molecule has 4 nitrogen and oxygen atoms in total. The normalized spacial score (nSPS) is 21.0. The molecule has 0 aliphatic carbocycles. The molecule has 1 fully saturated rings. The summed E-state index contributed by atoms with van der Waals surface area (Å²) in [7, 11) is -0.344. The molecule has 0 spiro atoms. The Labute approximate surface area is 146 Å². The average molecular weight is 331 g/mol. The lowest BCUT2D eigenvalue weighted by atomic mass is 9.77. The number of aryl methyl sites for hydroxylation is 1. The molecule has 132 valence electrons. The molecular weight excluding hydrogens is 301 g/mol. The zero-order valence-electron chi connectivity index (χ0n) is 16.1. The third-order valence-electron chi connectivity index (χ3n) is 5.13.